The Morgan fingerprint density at radius 2 is 2.06 bits per heavy atom. The molecule has 0 bridgehead atoms. The molecule has 1 atom stereocenters. The van der Waals surface area contributed by atoms with Gasteiger partial charge in [-0.1, -0.05) is 13.0 Å². The van der Waals surface area contributed by atoms with Crippen LogP contribution >= 0.6 is 15.9 Å². The molecule has 0 saturated heterocycles. The molecule has 2 nitrogen and oxygen atoms in total. The topological polar surface area (TPSA) is 23.5 Å². The molecule has 0 aliphatic heterocycles. The summed E-state index contributed by atoms with van der Waals surface area (Å²) in [6.45, 7) is 8.18. The first kappa shape index (κ1) is 13.5. The van der Waals surface area contributed by atoms with Gasteiger partial charge in [0.1, 0.15) is 0 Å². The van der Waals surface area contributed by atoms with E-state index in [0.717, 1.165) is 29.5 Å². The van der Waals surface area contributed by atoms with Crippen LogP contribution in [0.4, 0.5) is 5.69 Å². The van der Waals surface area contributed by atoms with Crippen LogP contribution in [-0.4, -0.2) is 18.2 Å². The summed E-state index contributed by atoms with van der Waals surface area (Å²) >= 11 is 3.57. The van der Waals surface area contributed by atoms with Gasteiger partial charge >= 0.3 is 0 Å². The maximum absolute atomic E-state index is 9.50. The van der Waals surface area contributed by atoms with E-state index in [1.807, 2.05) is 12.1 Å². The monoisotopic (exact) mass is 285 g/mol. The molecule has 16 heavy (non-hydrogen) atoms. The van der Waals surface area contributed by atoms with E-state index in [1.54, 1.807) is 6.92 Å². The van der Waals surface area contributed by atoms with Gasteiger partial charge < -0.3 is 10.0 Å². The Kier molecular flexibility index (Phi) is 5.29. The molecule has 0 amide bonds. The minimum atomic E-state index is -0.411. The number of aliphatic hydroxyl groups is 1. The summed E-state index contributed by atoms with van der Waals surface area (Å²) in [5.41, 5.74) is 2.15. The molecule has 0 aliphatic carbocycles. The highest BCUT2D eigenvalue weighted by Crippen LogP contribution is 2.29. The molecule has 1 aromatic carbocycles. The van der Waals surface area contributed by atoms with Crippen molar-refractivity contribution in [1.82, 2.24) is 0 Å². The van der Waals surface area contributed by atoms with Crippen LogP contribution in [0.1, 0.15) is 38.9 Å². The SMILES string of the molecule is CCCN(CC)c1ccc([C@H](C)O)cc1Br. The van der Waals surface area contributed by atoms with Gasteiger partial charge in [0, 0.05) is 17.6 Å². The molecular weight excluding hydrogens is 266 g/mol. The van der Waals surface area contributed by atoms with Gasteiger partial charge in [0.15, 0.2) is 0 Å². The molecule has 1 aromatic rings. The molecule has 0 spiro atoms. The van der Waals surface area contributed by atoms with E-state index in [2.05, 4.69) is 40.7 Å². The van der Waals surface area contributed by atoms with Crippen molar-refractivity contribution in [1.29, 1.82) is 0 Å². The van der Waals surface area contributed by atoms with Crippen LogP contribution in [0.5, 0.6) is 0 Å². The van der Waals surface area contributed by atoms with E-state index >= 15 is 0 Å². The highest BCUT2D eigenvalue weighted by Gasteiger charge is 2.09. The second-order valence-electron chi connectivity index (χ2n) is 3.97. The van der Waals surface area contributed by atoms with Crippen molar-refractivity contribution in [2.45, 2.75) is 33.3 Å². The fraction of sp³-hybridized carbons (Fsp3) is 0.538. The third kappa shape index (κ3) is 3.22. The van der Waals surface area contributed by atoms with Gasteiger partial charge in [-0.15, -0.1) is 0 Å². The van der Waals surface area contributed by atoms with Crippen molar-refractivity contribution in [3.63, 3.8) is 0 Å². The zero-order valence-corrected chi connectivity index (χ0v) is 11.8. The number of benzene rings is 1. The lowest BCUT2D eigenvalue weighted by atomic mass is 10.1. The van der Waals surface area contributed by atoms with Crippen molar-refractivity contribution in [3.8, 4) is 0 Å². The largest absolute Gasteiger partial charge is 0.389 e. The highest BCUT2D eigenvalue weighted by atomic mass is 79.9. The third-order valence-corrected chi connectivity index (χ3v) is 3.31. The first-order chi connectivity index (χ1) is 7.60. The minimum absolute atomic E-state index is 0.411. The molecule has 90 valence electrons. The molecular formula is C13H20BrNO. The molecule has 0 radical (unpaired) electrons. The van der Waals surface area contributed by atoms with Gasteiger partial charge in [0.25, 0.3) is 0 Å². The van der Waals surface area contributed by atoms with E-state index in [0.29, 0.717) is 0 Å². The van der Waals surface area contributed by atoms with Gasteiger partial charge in [0.2, 0.25) is 0 Å². The lowest BCUT2D eigenvalue weighted by Crippen LogP contribution is -2.23. The van der Waals surface area contributed by atoms with Crippen molar-refractivity contribution >= 4 is 21.6 Å². The first-order valence-corrected chi connectivity index (χ1v) is 6.61. The Balaban J connectivity index is 2.96. The minimum Gasteiger partial charge on any atom is -0.389 e. The molecule has 0 heterocycles. The van der Waals surface area contributed by atoms with E-state index in [1.165, 1.54) is 5.69 Å². The number of hydrogen-bond donors (Lipinski definition) is 1. The third-order valence-electron chi connectivity index (χ3n) is 2.67. The van der Waals surface area contributed by atoms with Crippen molar-refractivity contribution < 1.29 is 5.11 Å². The highest BCUT2D eigenvalue weighted by molar-refractivity contribution is 9.10. The second-order valence-corrected chi connectivity index (χ2v) is 4.82. The smallest absolute Gasteiger partial charge is 0.0762 e. The average Bonchev–Trinajstić information content (AvgIpc) is 2.26. The molecule has 0 unspecified atom stereocenters. The van der Waals surface area contributed by atoms with Crippen LogP contribution < -0.4 is 4.90 Å². The number of halogens is 1. The molecule has 1 N–H and O–H groups in total. The zero-order valence-electron chi connectivity index (χ0n) is 10.2. The van der Waals surface area contributed by atoms with Gasteiger partial charge in [-0.3, -0.25) is 0 Å². The lowest BCUT2D eigenvalue weighted by Gasteiger charge is -2.24. The van der Waals surface area contributed by atoms with Gasteiger partial charge in [-0.2, -0.15) is 0 Å². The normalized spacial score (nSPS) is 12.6. The van der Waals surface area contributed by atoms with Crippen LogP contribution in [0, 0.1) is 0 Å². The Morgan fingerprint density at radius 1 is 1.38 bits per heavy atom. The van der Waals surface area contributed by atoms with Crippen molar-refractivity contribution in [2.24, 2.45) is 0 Å². The van der Waals surface area contributed by atoms with Gasteiger partial charge in [0.05, 0.1) is 11.8 Å². The molecule has 0 aromatic heterocycles. The van der Waals surface area contributed by atoms with Crippen LogP contribution in [0.2, 0.25) is 0 Å². The van der Waals surface area contributed by atoms with E-state index in [-0.39, 0.29) is 0 Å². The number of anilines is 1. The van der Waals surface area contributed by atoms with Crippen LogP contribution in [0.3, 0.4) is 0 Å². The maximum atomic E-state index is 9.50. The predicted octanol–water partition coefficient (Wildman–Crippen LogP) is 3.74. The van der Waals surface area contributed by atoms with Crippen LogP contribution in [-0.2, 0) is 0 Å². The first-order valence-electron chi connectivity index (χ1n) is 5.82. The second kappa shape index (κ2) is 6.26. The van der Waals surface area contributed by atoms with Gasteiger partial charge in [-0.05, 0) is 53.9 Å². The summed E-state index contributed by atoms with van der Waals surface area (Å²) in [6.07, 6.45) is 0.727. The van der Waals surface area contributed by atoms with Crippen molar-refractivity contribution in [2.75, 3.05) is 18.0 Å². The van der Waals surface area contributed by atoms with Crippen molar-refractivity contribution in [3.05, 3.63) is 28.2 Å². The summed E-state index contributed by atoms with van der Waals surface area (Å²) in [7, 11) is 0. The van der Waals surface area contributed by atoms with E-state index < -0.39 is 6.10 Å². The van der Waals surface area contributed by atoms with Crippen LogP contribution in [0.15, 0.2) is 22.7 Å². The summed E-state index contributed by atoms with van der Waals surface area (Å²) in [5.74, 6) is 0. The van der Waals surface area contributed by atoms with Gasteiger partial charge in [-0.25, -0.2) is 0 Å². The molecule has 0 aliphatic rings. The summed E-state index contributed by atoms with van der Waals surface area (Å²) < 4.78 is 1.06. The number of rotatable bonds is 5. The zero-order chi connectivity index (χ0) is 12.1. The fourth-order valence-electron chi connectivity index (χ4n) is 1.76. The Bertz CT molecular complexity index is 339. The molecule has 3 heteroatoms. The Hall–Kier alpha value is -0.540. The van der Waals surface area contributed by atoms with E-state index in [9.17, 15) is 5.11 Å². The summed E-state index contributed by atoms with van der Waals surface area (Å²) in [6, 6.07) is 6.06. The number of aliphatic hydroxyl groups excluding tert-OH is 1. The quantitative estimate of drug-likeness (QED) is 0.891. The number of hydrogen-bond acceptors (Lipinski definition) is 2. The Labute approximate surface area is 106 Å². The Morgan fingerprint density at radius 3 is 2.50 bits per heavy atom. The van der Waals surface area contributed by atoms with E-state index in [4.69, 9.17) is 0 Å². The summed E-state index contributed by atoms with van der Waals surface area (Å²) in [5, 5.41) is 9.50. The average molecular weight is 286 g/mol. The number of nitrogens with zero attached hydrogens (tertiary/aromatic N) is 1. The summed E-state index contributed by atoms with van der Waals surface area (Å²) in [4.78, 5) is 2.33. The molecule has 0 saturated carbocycles. The molecule has 0 fully saturated rings. The standard InChI is InChI=1S/C13H20BrNO/c1-4-8-15(5-2)13-7-6-11(10(3)16)9-12(13)14/h6-7,9-10,16H,4-5,8H2,1-3H3/t10-/m0/s1. The fourth-order valence-corrected chi connectivity index (χ4v) is 2.41. The predicted molar refractivity (Wildman–Crippen MR) is 73.0 cm³/mol. The molecule has 1 rings (SSSR count). The van der Waals surface area contributed by atoms with Crippen LogP contribution in [0.25, 0.3) is 0 Å². The maximum Gasteiger partial charge on any atom is 0.0762 e. The lowest BCUT2D eigenvalue weighted by molar-refractivity contribution is 0.199.